The van der Waals surface area contributed by atoms with Crippen LogP contribution in [0.4, 0.5) is 0 Å². The topological polar surface area (TPSA) is 60.7 Å². The second kappa shape index (κ2) is 4.78. The lowest BCUT2D eigenvalue weighted by Crippen LogP contribution is -2.20. The van der Waals surface area contributed by atoms with Gasteiger partial charge in [-0.3, -0.25) is 0 Å². The SMILES string of the molecule is OCCC(O)C(O)c1cccc2c1CC=C2. The fourth-order valence-corrected chi connectivity index (χ4v) is 2.09. The molecule has 1 aliphatic rings. The van der Waals surface area contributed by atoms with Crippen LogP contribution in [0.15, 0.2) is 24.3 Å². The Bertz CT molecular complexity index is 398. The summed E-state index contributed by atoms with van der Waals surface area (Å²) in [4.78, 5) is 0. The molecule has 0 spiro atoms. The highest BCUT2D eigenvalue weighted by atomic mass is 16.3. The summed E-state index contributed by atoms with van der Waals surface area (Å²) >= 11 is 0. The predicted molar refractivity (Wildman–Crippen MR) is 61.8 cm³/mol. The first-order valence-electron chi connectivity index (χ1n) is 5.49. The number of hydrogen-bond acceptors (Lipinski definition) is 3. The van der Waals surface area contributed by atoms with Crippen LogP contribution in [0.1, 0.15) is 29.2 Å². The van der Waals surface area contributed by atoms with Gasteiger partial charge in [-0.1, -0.05) is 30.4 Å². The van der Waals surface area contributed by atoms with Crippen molar-refractivity contribution in [2.24, 2.45) is 0 Å². The molecular weight excluding hydrogens is 204 g/mol. The van der Waals surface area contributed by atoms with E-state index >= 15 is 0 Å². The predicted octanol–water partition coefficient (Wildman–Crippen LogP) is 1.03. The van der Waals surface area contributed by atoms with Gasteiger partial charge in [0.15, 0.2) is 0 Å². The Hall–Kier alpha value is -1.16. The second-order valence-electron chi connectivity index (χ2n) is 4.05. The van der Waals surface area contributed by atoms with Gasteiger partial charge >= 0.3 is 0 Å². The summed E-state index contributed by atoms with van der Waals surface area (Å²) in [6.45, 7) is -0.120. The minimum atomic E-state index is -0.915. The first kappa shape index (κ1) is 11.3. The number of aliphatic hydroxyl groups excluding tert-OH is 3. The van der Waals surface area contributed by atoms with Crippen LogP contribution in [-0.2, 0) is 6.42 Å². The fourth-order valence-electron chi connectivity index (χ4n) is 2.09. The van der Waals surface area contributed by atoms with Crippen molar-refractivity contribution in [3.05, 3.63) is 41.0 Å². The van der Waals surface area contributed by atoms with Gasteiger partial charge in [-0.2, -0.15) is 0 Å². The zero-order valence-electron chi connectivity index (χ0n) is 9.00. The Morgan fingerprint density at radius 2 is 2.06 bits per heavy atom. The maximum atomic E-state index is 10.00. The Balaban J connectivity index is 2.25. The van der Waals surface area contributed by atoms with Crippen molar-refractivity contribution in [1.82, 2.24) is 0 Å². The molecule has 0 aliphatic heterocycles. The van der Waals surface area contributed by atoms with Crippen molar-refractivity contribution in [1.29, 1.82) is 0 Å². The lowest BCUT2D eigenvalue weighted by molar-refractivity contribution is 0.00382. The van der Waals surface area contributed by atoms with Gasteiger partial charge in [0, 0.05) is 6.61 Å². The third-order valence-electron chi connectivity index (χ3n) is 2.98. The number of benzene rings is 1. The van der Waals surface area contributed by atoms with Crippen molar-refractivity contribution in [2.75, 3.05) is 6.61 Å². The lowest BCUT2D eigenvalue weighted by Gasteiger charge is -2.20. The highest BCUT2D eigenvalue weighted by Gasteiger charge is 2.22. The molecule has 0 bridgehead atoms. The van der Waals surface area contributed by atoms with E-state index in [9.17, 15) is 10.2 Å². The van der Waals surface area contributed by atoms with Gasteiger partial charge in [0.05, 0.1) is 6.10 Å². The molecule has 1 aliphatic carbocycles. The van der Waals surface area contributed by atoms with Crippen molar-refractivity contribution >= 4 is 6.08 Å². The average molecular weight is 220 g/mol. The molecule has 2 rings (SSSR count). The monoisotopic (exact) mass is 220 g/mol. The molecule has 0 saturated heterocycles. The number of rotatable bonds is 4. The van der Waals surface area contributed by atoms with E-state index in [0.29, 0.717) is 0 Å². The highest BCUT2D eigenvalue weighted by Crippen LogP contribution is 2.29. The Labute approximate surface area is 94.7 Å². The van der Waals surface area contributed by atoms with Gasteiger partial charge < -0.3 is 15.3 Å². The van der Waals surface area contributed by atoms with E-state index in [1.807, 2.05) is 30.4 Å². The fraction of sp³-hybridized carbons (Fsp3) is 0.385. The molecule has 1 aromatic rings. The number of fused-ring (bicyclic) bond motifs is 1. The third-order valence-corrected chi connectivity index (χ3v) is 2.98. The molecule has 0 heterocycles. The van der Waals surface area contributed by atoms with Crippen LogP contribution in [0.2, 0.25) is 0 Å². The zero-order valence-corrected chi connectivity index (χ0v) is 9.00. The molecule has 0 saturated carbocycles. The van der Waals surface area contributed by atoms with Crippen LogP contribution < -0.4 is 0 Å². The molecule has 16 heavy (non-hydrogen) atoms. The smallest absolute Gasteiger partial charge is 0.105 e. The van der Waals surface area contributed by atoms with Crippen LogP contribution >= 0.6 is 0 Å². The van der Waals surface area contributed by atoms with Crippen molar-refractivity contribution < 1.29 is 15.3 Å². The molecule has 3 heteroatoms. The van der Waals surface area contributed by atoms with Crippen molar-refractivity contribution in [3.8, 4) is 0 Å². The number of allylic oxidation sites excluding steroid dienone is 1. The quantitative estimate of drug-likeness (QED) is 0.710. The molecule has 2 atom stereocenters. The maximum absolute atomic E-state index is 10.00. The van der Waals surface area contributed by atoms with Crippen LogP contribution in [0.25, 0.3) is 6.08 Å². The number of hydrogen-bond donors (Lipinski definition) is 3. The van der Waals surface area contributed by atoms with E-state index in [0.717, 1.165) is 23.1 Å². The first-order chi connectivity index (χ1) is 7.74. The summed E-state index contributed by atoms with van der Waals surface area (Å²) < 4.78 is 0. The Morgan fingerprint density at radius 3 is 2.81 bits per heavy atom. The van der Waals surface area contributed by atoms with Gasteiger partial charge in [0.1, 0.15) is 6.10 Å². The maximum Gasteiger partial charge on any atom is 0.105 e. The van der Waals surface area contributed by atoms with Gasteiger partial charge in [-0.25, -0.2) is 0 Å². The highest BCUT2D eigenvalue weighted by molar-refractivity contribution is 5.62. The molecule has 0 fully saturated rings. The van der Waals surface area contributed by atoms with Gasteiger partial charge in [-0.15, -0.1) is 0 Å². The van der Waals surface area contributed by atoms with E-state index in [-0.39, 0.29) is 13.0 Å². The molecule has 3 N–H and O–H groups in total. The van der Waals surface area contributed by atoms with E-state index in [1.54, 1.807) is 0 Å². The Morgan fingerprint density at radius 1 is 1.25 bits per heavy atom. The standard InChI is InChI=1S/C13H16O3/c14-8-7-12(15)13(16)11-6-2-4-9-3-1-5-10(9)11/h1-4,6,12-16H,5,7-8H2. The normalized spacial score (nSPS) is 17.2. The second-order valence-corrected chi connectivity index (χ2v) is 4.05. The molecule has 0 radical (unpaired) electrons. The summed E-state index contributed by atoms with van der Waals surface area (Å²) in [6.07, 6.45) is 3.23. The minimum Gasteiger partial charge on any atom is -0.396 e. The summed E-state index contributed by atoms with van der Waals surface area (Å²) in [5, 5.41) is 28.4. The first-order valence-corrected chi connectivity index (χ1v) is 5.49. The summed E-state index contributed by atoms with van der Waals surface area (Å²) in [5.41, 5.74) is 2.95. The molecular formula is C13H16O3. The van der Waals surface area contributed by atoms with Crippen LogP contribution in [0.5, 0.6) is 0 Å². The third kappa shape index (κ3) is 2.02. The van der Waals surface area contributed by atoms with E-state index < -0.39 is 12.2 Å². The van der Waals surface area contributed by atoms with Gasteiger partial charge in [0.2, 0.25) is 0 Å². The lowest BCUT2D eigenvalue weighted by atomic mass is 9.94. The summed E-state index contributed by atoms with van der Waals surface area (Å²) in [7, 11) is 0. The van der Waals surface area contributed by atoms with E-state index in [2.05, 4.69) is 0 Å². The van der Waals surface area contributed by atoms with E-state index in [4.69, 9.17) is 5.11 Å². The van der Waals surface area contributed by atoms with Crippen LogP contribution in [0, 0.1) is 0 Å². The zero-order chi connectivity index (χ0) is 11.5. The molecule has 3 nitrogen and oxygen atoms in total. The van der Waals surface area contributed by atoms with Crippen LogP contribution in [0.3, 0.4) is 0 Å². The molecule has 0 amide bonds. The largest absolute Gasteiger partial charge is 0.396 e. The summed E-state index contributed by atoms with van der Waals surface area (Å²) in [5.74, 6) is 0. The average Bonchev–Trinajstić information content (AvgIpc) is 2.76. The summed E-state index contributed by atoms with van der Waals surface area (Å²) in [6, 6.07) is 5.70. The number of aliphatic hydroxyl groups is 3. The van der Waals surface area contributed by atoms with Gasteiger partial charge in [0.25, 0.3) is 0 Å². The molecule has 1 aromatic carbocycles. The minimum absolute atomic E-state index is 0.120. The van der Waals surface area contributed by atoms with Crippen LogP contribution in [-0.4, -0.2) is 28.0 Å². The van der Waals surface area contributed by atoms with E-state index in [1.165, 1.54) is 0 Å². The Kier molecular flexibility index (Phi) is 3.39. The molecule has 86 valence electrons. The van der Waals surface area contributed by atoms with Crippen molar-refractivity contribution in [3.63, 3.8) is 0 Å². The molecule has 0 aromatic heterocycles. The molecule has 2 unspecified atom stereocenters. The van der Waals surface area contributed by atoms with Gasteiger partial charge in [-0.05, 0) is 29.5 Å². The van der Waals surface area contributed by atoms with Crippen molar-refractivity contribution in [2.45, 2.75) is 25.0 Å².